The van der Waals surface area contributed by atoms with Gasteiger partial charge >= 0.3 is 0 Å². The summed E-state index contributed by atoms with van der Waals surface area (Å²) in [7, 11) is 0. The highest BCUT2D eigenvalue weighted by Gasteiger charge is 2.10. The number of rotatable bonds is 3. The maximum Gasteiger partial charge on any atom is 0.271 e. The van der Waals surface area contributed by atoms with Crippen molar-refractivity contribution in [3.05, 3.63) is 69.9 Å². The molecule has 6 heteroatoms. The van der Waals surface area contributed by atoms with E-state index >= 15 is 0 Å². The van der Waals surface area contributed by atoms with Crippen LogP contribution in [0.2, 0.25) is 0 Å². The minimum Gasteiger partial charge on any atom is -0.437 e. The maximum atomic E-state index is 12.8. The summed E-state index contributed by atoms with van der Waals surface area (Å²) >= 11 is 0. The summed E-state index contributed by atoms with van der Waals surface area (Å²) in [6, 6.07) is 10.2. The molecule has 0 fully saturated rings. The van der Waals surface area contributed by atoms with Gasteiger partial charge in [-0.25, -0.2) is 9.37 Å². The van der Waals surface area contributed by atoms with Crippen molar-refractivity contribution in [2.75, 3.05) is 0 Å². The molecular weight excluding hydrogens is 275 g/mol. The van der Waals surface area contributed by atoms with Gasteiger partial charge in [-0.1, -0.05) is 12.1 Å². The molecule has 5 nitrogen and oxygen atoms in total. The fraction of sp³-hybridized carbons (Fsp3) is 0. The van der Waals surface area contributed by atoms with Crippen molar-refractivity contribution in [3.63, 3.8) is 0 Å². The molecule has 0 saturated carbocycles. The molecule has 104 valence electrons. The number of hydrogen-bond acceptors (Lipinski definition) is 4. The Labute approximate surface area is 118 Å². The molecular formula is C15H9FN2O3. The predicted octanol–water partition coefficient (Wildman–Crippen LogP) is 4.05. The van der Waals surface area contributed by atoms with E-state index in [0.717, 1.165) is 5.56 Å². The Morgan fingerprint density at radius 1 is 1.14 bits per heavy atom. The van der Waals surface area contributed by atoms with Crippen LogP contribution in [-0.2, 0) is 0 Å². The molecule has 0 aliphatic rings. The van der Waals surface area contributed by atoms with Crippen LogP contribution in [0.1, 0.15) is 11.5 Å². The minimum absolute atomic E-state index is 0.0372. The first-order valence-electron chi connectivity index (χ1n) is 6.10. The van der Waals surface area contributed by atoms with Gasteiger partial charge in [0.25, 0.3) is 5.69 Å². The lowest BCUT2D eigenvalue weighted by atomic mass is 10.2. The van der Waals surface area contributed by atoms with Crippen molar-refractivity contribution in [3.8, 4) is 0 Å². The molecule has 3 rings (SSSR count). The van der Waals surface area contributed by atoms with Gasteiger partial charge in [-0.15, -0.1) is 0 Å². The summed E-state index contributed by atoms with van der Waals surface area (Å²) in [6.45, 7) is 0. The molecule has 21 heavy (non-hydrogen) atoms. The number of fused-ring (bicyclic) bond motifs is 1. The quantitative estimate of drug-likeness (QED) is 0.537. The van der Waals surface area contributed by atoms with Crippen molar-refractivity contribution in [1.82, 2.24) is 4.98 Å². The molecule has 0 aliphatic heterocycles. The van der Waals surface area contributed by atoms with Crippen LogP contribution in [0, 0.1) is 15.9 Å². The van der Waals surface area contributed by atoms with Crippen LogP contribution in [0.4, 0.5) is 10.1 Å². The number of benzene rings is 2. The molecule has 1 aromatic heterocycles. The Morgan fingerprint density at radius 2 is 1.90 bits per heavy atom. The van der Waals surface area contributed by atoms with E-state index in [4.69, 9.17) is 4.42 Å². The van der Waals surface area contributed by atoms with Crippen LogP contribution in [0.15, 0.2) is 46.9 Å². The maximum absolute atomic E-state index is 12.8. The zero-order valence-electron chi connectivity index (χ0n) is 10.7. The molecule has 0 aliphatic carbocycles. The van der Waals surface area contributed by atoms with Gasteiger partial charge in [0.1, 0.15) is 11.3 Å². The Hall–Kier alpha value is -3.02. The lowest BCUT2D eigenvalue weighted by Crippen LogP contribution is -1.86. The summed E-state index contributed by atoms with van der Waals surface area (Å²) in [5.74, 6) is 0.0242. The highest BCUT2D eigenvalue weighted by atomic mass is 19.1. The van der Waals surface area contributed by atoms with Crippen LogP contribution in [0.3, 0.4) is 0 Å². The number of nitro groups is 1. The van der Waals surface area contributed by atoms with Crippen LogP contribution < -0.4 is 0 Å². The molecule has 0 unspecified atom stereocenters. The minimum atomic E-state index is -0.484. The lowest BCUT2D eigenvalue weighted by Gasteiger charge is -1.91. The highest BCUT2D eigenvalue weighted by molar-refractivity contribution is 5.78. The van der Waals surface area contributed by atoms with E-state index in [1.54, 1.807) is 24.3 Å². The van der Waals surface area contributed by atoms with Gasteiger partial charge in [0, 0.05) is 18.2 Å². The lowest BCUT2D eigenvalue weighted by molar-refractivity contribution is -0.384. The van der Waals surface area contributed by atoms with E-state index in [-0.39, 0.29) is 11.5 Å². The topological polar surface area (TPSA) is 69.2 Å². The number of non-ortho nitro benzene ring substituents is 1. The van der Waals surface area contributed by atoms with Gasteiger partial charge in [-0.2, -0.15) is 0 Å². The van der Waals surface area contributed by atoms with Crippen molar-refractivity contribution in [2.24, 2.45) is 0 Å². The second kappa shape index (κ2) is 5.16. The average molecular weight is 284 g/mol. The smallest absolute Gasteiger partial charge is 0.271 e. The van der Waals surface area contributed by atoms with E-state index in [2.05, 4.69) is 4.98 Å². The van der Waals surface area contributed by atoms with Gasteiger partial charge in [0.15, 0.2) is 5.58 Å². The van der Waals surface area contributed by atoms with Crippen LogP contribution in [0.25, 0.3) is 23.3 Å². The highest BCUT2D eigenvalue weighted by Crippen LogP contribution is 2.22. The first-order chi connectivity index (χ1) is 10.1. The molecule has 0 N–H and O–H groups in total. The summed E-state index contributed by atoms with van der Waals surface area (Å²) in [4.78, 5) is 14.4. The molecule has 1 heterocycles. The first-order valence-corrected chi connectivity index (χ1v) is 6.10. The second-order valence-corrected chi connectivity index (χ2v) is 4.35. The van der Waals surface area contributed by atoms with Gasteiger partial charge < -0.3 is 4.42 Å². The standard InChI is InChI=1S/C15H9FN2O3/c16-11-4-1-10(2-5-11)3-8-15-17-13-9-12(18(19)20)6-7-14(13)21-15/h1-9H/b8-3+. The van der Waals surface area contributed by atoms with Crippen molar-refractivity contribution < 1.29 is 13.7 Å². The number of nitro benzene ring substituents is 1. The number of halogens is 1. The summed E-state index contributed by atoms with van der Waals surface area (Å²) in [6.07, 6.45) is 3.34. The third kappa shape index (κ3) is 2.79. The molecule has 0 atom stereocenters. The molecule has 0 amide bonds. The van der Waals surface area contributed by atoms with Gasteiger partial charge in [-0.05, 0) is 29.8 Å². The van der Waals surface area contributed by atoms with Crippen molar-refractivity contribution in [2.45, 2.75) is 0 Å². The number of oxazole rings is 1. The zero-order chi connectivity index (χ0) is 14.8. The predicted molar refractivity (Wildman–Crippen MR) is 76.0 cm³/mol. The van der Waals surface area contributed by atoms with Crippen molar-refractivity contribution in [1.29, 1.82) is 0 Å². The van der Waals surface area contributed by atoms with E-state index in [1.807, 2.05) is 0 Å². The number of hydrogen-bond donors (Lipinski definition) is 0. The Morgan fingerprint density at radius 3 is 2.62 bits per heavy atom. The molecule has 0 radical (unpaired) electrons. The summed E-state index contributed by atoms with van der Waals surface area (Å²) < 4.78 is 18.2. The summed E-state index contributed by atoms with van der Waals surface area (Å²) in [5, 5.41) is 10.7. The molecule has 2 aromatic carbocycles. The monoisotopic (exact) mass is 284 g/mol. The average Bonchev–Trinajstić information content (AvgIpc) is 2.88. The Balaban J connectivity index is 1.90. The fourth-order valence-electron chi connectivity index (χ4n) is 1.86. The Kier molecular flexibility index (Phi) is 3.19. The van der Waals surface area contributed by atoms with E-state index < -0.39 is 4.92 Å². The van der Waals surface area contributed by atoms with E-state index in [9.17, 15) is 14.5 Å². The van der Waals surface area contributed by atoms with E-state index in [0.29, 0.717) is 17.0 Å². The second-order valence-electron chi connectivity index (χ2n) is 4.35. The number of aromatic nitrogens is 1. The Bertz CT molecular complexity index is 838. The van der Waals surface area contributed by atoms with Gasteiger partial charge in [0.05, 0.1) is 4.92 Å². The van der Waals surface area contributed by atoms with Gasteiger partial charge in [-0.3, -0.25) is 10.1 Å². The SMILES string of the molecule is O=[N+]([O-])c1ccc2oc(/C=C/c3ccc(F)cc3)nc2c1. The van der Waals surface area contributed by atoms with Crippen LogP contribution in [0.5, 0.6) is 0 Å². The zero-order valence-corrected chi connectivity index (χ0v) is 10.7. The molecule has 3 aromatic rings. The van der Waals surface area contributed by atoms with Gasteiger partial charge in [0.2, 0.25) is 5.89 Å². The molecule has 0 spiro atoms. The molecule has 0 saturated heterocycles. The normalized spacial score (nSPS) is 11.3. The molecule has 0 bridgehead atoms. The van der Waals surface area contributed by atoms with Crippen molar-refractivity contribution >= 4 is 28.9 Å². The van der Waals surface area contributed by atoms with Crippen LogP contribution in [-0.4, -0.2) is 9.91 Å². The number of nitrogens with zero attached hydrogens (tertiary/aromatic N) is 2. The largest absolute Gasteiger partial charge is 0.437 e. The van der Waals surface area contributed by atoms with E-state index in [1.165, 1.54) is 30.3 Å². The fourth-order valence-corrected chi connectivity index (χ4v) is 1.86. The third-order valence-corrected chi connectivity index (χ3v) is 2.89. The first kappa shape index (κ1) is 13.0. The summed E-state index contributed by atoms with van der Waals surface area (Å²) in [5.41, 5.74) is 1.65. The third-order valence-electron chi connectivity index (χ3n) is 2.89. The van der Waals surface area contributed by atoms with Crippen LogP contribution >= 0.6 is 0 Å².